The number of hydrogen-bond donors (Lipinski definition) is 2. The van der Waals surface area contributed by atoms with Crippen LogP contribution in [0.3, 0.4) is 0 Å². The van der Waals surface area contributed by atoms with Crippen LogP contribution >= 0.6 is 0 Å². The molecule has 2 N–H and O–H groups in total. The van der Waals surface area contributed by atoms with E-state index < -0.39 is 0 Å². The summed E-state index contributed by atoms with van der Waals surface area (Å²) in [6.45, 7) is 8.06. The van der Waals surface area contributed by atoms with E-state index in [1.54, 1.807) is 0 Å². The number of fused-ring (bicyclic) bond motifs is 3. The van der Waals surface area contributed by atoms with Crippen LogP contribution in [-0.4, -0.2) is 40.4 Å². The highest BCUT2D eigenvalue weighted by atomic mass is 15.3. The minimum atomic E-state index is -0.0119. The van der Waals surface area contributed by atoms with Crippen molar-refractivity contribution in [1.82, 2.24) is 20.5 Å². The normalized spacial score (nSPS) is 21.1. The van der Waals surface area contributed by atoms with E-state index in [4.69, 9.17) is 4.98 Å². The molecule has 1 aromatic carbocycles. The molecule has 2 aliphatic heterocycles. The van der Waals surface area contributed by atoms with Gasteiger partial charge in [0.05, 0.1) is 23.4 Å². The molecule has 0 unspecified atom stereocenters. The van der Waals surface area contributed by atoms with Crippen LogP contribution in [0.2, 0.25) is 0 Å². The summed E-state index contributed by atoms with van der Waals surface area (Å²) in [6, 6.07) is 11.3. The summed E-state index contributed by atoms with van der Waals surface area (Å²) in [5, 5.41) is 27.3. The summed E-state index contributed by atoms with van der Waals surface area (Å²) in [5.41, 5.74) is 3.65. The minimum Gasteiger partial charge on any atom is -0.362 e. The molecular weight excluding hydrogens is 374 g/mol. The van der Waals surface area contributed by atoms with Crippen LogP contribution in [-0.2, 0) is 0 Å². The lowest BCUT2D eigenvalue weighted by Gasteiger charge is -2.28. The zero-order chi connectivity index (χ0) is 20.8. The highest BCUT2D eigenvalue weighted by Crippen LogP contribution is 2.33. The SMILES string of the molecule is Cc1c(C#N)cccc1[C@@H](C)Nc1nnc(C)c2cnc(N3C[C@H]4C[C@@H]3CN4)cc12. The fourth-order valence-electron chi connectivity index (χ4n) is 4.79. The summed E-state index contributed by atoms with van der Waals surface area (Å²) in [4.78, 5) is 7.16. The van der Waals surface area contributed by atoms with Crippen LogP contribution in [0.25, 0.3) is 10.8 Å². The van der Waals surface area contributed by atoms with Crippen molar-refractivity contribution in [3.8, 4) is 6.07 Å². The molecule has 3 atom stereocenters. The Kier molecular flexibility index (Phi) is 4.52. The van der Waals surface area contributed by atoms with E-state index in [0.717, 1.165) is 52.3 Å². The van der Waals surface area contributed by atoms with Crippen LogP contribution in [0.15, 0.2) is 30.5 Å². The first kappa shape index (κ1) is 18.8. The second-order valence-electron chi connectivity index (χ2n) is 8.37. The molecule has 3 aromatic rings. The van der Waals surface area contributed by atoms with Gasteiger partial charge in [-0.15, -0.1) is 5.10 Å². The van der Waals surface area contributed by atoms with Crippen molar-refractivity contribution in [3.05, 3.63) is 52.8 Å². The molecule has 0 spiro atoms. The van der Waals surface area contributed by atoms with Crippen molar-refractivity contribution in [1.29, 1.82) is 5.26 Å². The molecule has 0 saturated carbocycles. The van der Waals surface area contributed by atoms with Gasteiger partial charge in [0.2, 0.25) is 0 Å². The van der Waals surface area contributed by atoms with Crippen LogP contribution in [0.5, 0.6) is 0 Å². The number of hydrogen-bond acceptors (Lipinski definition) is 7. The molecule has 0 aliphatic carbocycles. The average Bonchev–Trinajstić information content (AvgIpc) is 3.39. The first-order chi connectivity index (χ1) is 14.5. The Morgan fingerprint density at radius 2 is 2.13 bits per heavy atom. The van der Waals surface area contributed by atoms with Gasteiger partial charge in [-0.05, 0) is 50.5 Å². The molecule has 4 heterocycles. The molecule has 2 aromatic heterocycles. The second kappa shape index (κ2) is 7.22. The van der Waals surface area contributed by atoms with Crippen LogP contribution in [0.4, 0.5) is 11.6 Å². The maximum atomic E-state index is 9.36. The molecule has 0 radical (unpaired) electrons. The smallest absolute Gasteiger partial charge is 0.157 e. The number of nitrogens with one attached hydrogen (secondary N) is 2. The summed E-state index contributed by atoms with van der Waals surface area (Å²) >= 11 is 0. The third-order valence-corrected chi connectivity index (χ3v) is 6.50. The number of benzene rings is 1. The van der Waals surface area contributed by atoms with Crippen molar-refractivity contribution >= 4 is 22.4 Å². The third kappa shape index (κ3) is 3.04. The van der Waals surface area contributed by atoms with E-state index in [2.05, 4.69) is 50.9 Å². The molecule has 2 bridgehead atoms. The summed E-state index contributed by atoms with van der Waals surface area (Å²) < 4.78 is 0. The van der Waals surface area contributed by atoms with E-state index in [1.165, 1.54) is 6.42 Å². The Hall–Kier alpha value is -3.24. The highest BCUT2D eigenvalue weighted by Gasteiger charge is 2.38. The topological polar surface area (TPSA) is 89.8 Å². The van der Waals surface area contributed by atoms with Crippen molar-refractivity contribution in [2.45, 2.75) is 45.3 Å². The highest BCUT2D eigenvalue weighted by molar-refractivity contribution is 5.94. The molecule has 2 fully saturated rings. The summed E-state index contributed by atoms with van der Waals surface area (Å²) in [6.07, 6.45) is 3.11. The van der Waals surface area contributed by atoms with Crippen LogP contribution < -0.4 is 15.5 Å². The first-order valence-corrected chi connectivity index (χ1v) is 10.4. The van der Waals surface area contributed by atoms with Gasteiger partial charge in [0.1, 0.15) is 5.82 Å². The number of piperazine rings is 1. The quantitative estimate of drug-likeness (QED) is 0.696. The number of rotatable bonds is 4. The van der Waals surface area contributed by atoms with Gasteiger partial charge in [-0.2, -0.15) is 10.4 Å². The number of nitrogens with zero attached hydrogens (tertiary/aromatic N) is 5. The number of pyridine rings is 1. The minimum absolute atomic E-state index is 0.0119. The average molecular weight is 400 g/mol. The van der Waals surface area contributed by atoms with Crippen molar-refractivity contribution < 1.29 is 0 Å². The fraction of sp³-hybridized carbons (Fsp3) is 0.391. The molecule has 7 heteroatoms. The van der Waals surface area contributed by atoms with Crippen molar-refractivity contribution in [2.75, 3.05) is 23.3 Å². The summed E-state index contributed by atoms with van der Waals surface area (Å²) in [7, 11) is 0. The first-order valence-electron chi connectivity index (χ1n) is 10.4. The number of aryl methyl sites for hydroxylation is 1. The second-order valence-corrected chi connectivity index (χ2v) is 8.37. The predicted octanol–water partition coefficient (Wildman–Crippen LogP) is 3.24. The molecule has 30 heavy (non-hydrogen) atoms. The van der Waals surface area contributed by atoms with Gasteiger partial charge in [-0.1, -0.05) is 12.1 Å². The maximum absolute atomic E-state index is 9.36. The van der Waals surface area contributed by atoms with Crippen LogP contribution in [0.1, 0.15) is 41.8 Å². The molecule has 7 nitrogen and oxygen atoms in total. The van der Waals surface area contributed by atoms with Crippen molar-refractivity contribution in [2.24, 2.45) is 0 Å². The Bertz CT molecular complexity index is 1170. The van der Waals surface area contributed by atoms with Gasteiger partial charge in [0.25, 0.3) is 0 Å². The number of aromatic nitrogens is 3. The maximum Gasteiger partial charge on any atom is 0.157 e. The number of anilines is 2. The van der Waals surface area contributed by atoms with Gasteiger partial charge in [0, 0.05) is 42.1 Å². The Morgan fingerprint density at radius 3 is 2.87 bits per heavy atom. The third-order valence-electron chi connectivity index (χ3n) is 6.50. The molecular formula is C23H25N7. The Labute approximate surface area is 176 Å². The molecule has 152 valence electrons. The lowest BCUT2D eigenvalue weighted by Crippen LogP contribution is -2.43. The van der Waals surface area contributed by atoms with Gasteiger partial charge >= 0.3 is 0 Å². The predicted molar refractivity (Wildman–Crippen MR) is 118 cm³/mol. The zero-order valence-electron chi connectivity index (χ0n) is 17.5. The molecule has 2 saturated heterocycles. The van der Waals surface area contributed by atoms with E-state index in [9.17, 15) is 5.26 Å². The van der Waals surface area contributed by atoms with Gasteiger partial charge in [-0.25, -0.2) is 4.98 Å². The zero-order valence-corrected chi connectivity index (χ0v) is 17.5. The standard InChI is InChI=1S/C23H25N7/c1-13-16(9-24)5-4-6-19(13)14(2)27-23-20-8-22(26-11-21(20)15(3)28-29-23)30-12-17-7-18(30)10-25-17/h4-6,8,11,14,17-18,25H,7,10,12H2,1-3H3,(H,27,29)/t14-,17-,18-/m1/s1. The largest absolute Gasteiger partial charge is 0.362 e. The lowest BCUT2D eigenvalue weighted by atomic mass is 9.98. The van der Waals surface area contributed by atoms with E-state index in [0.29, 0.717) is 17.6 Å². The lowest BCUT2D eigenvalue weighted by molar-refractivity contribution is 0.576. The Morgan fingerprint density at radius 1 is 1.27 bits per heavy atom. The van der Waals surface area contributed by atoms with Gasteiger partial charge in [-0.3, -0.25) is 0 Å². The van der Waals surface area contributed by atoms with Gasteiger partial charge < -0.3 is 15.5 Å². The fourth-order valence-corrected chi connectivity index (χ4v) is 4.79. The van der Waals surface area contributed by atoms with E-state index in [1.807, 2.05) is 32.2 Å². The van der Waals surface area contributed by atoms with Crippen LogP contribution in [0, 0.1) is 25.2 Å². The van der Waals surface area contributed by atoms with Crippen molar-refractivity contribution in [3.63, 3.8) is 0 Å². The summed E-state index contributed by atoms with van der Waals surface area (Å²) in [5.74, 6) is 1.75. The van der Waals surface area contributed by atoms with Gasteiger partial charge in [0.15, 0.2) is 5.82 Å². The molecule has 5 rings (SSSR count). The molecule has 0 amide bonds. The van der Waals surface area contributed by atoms with E-state index in [-0.39, 0.29) is 6.04 Å². The van der Waals surface area contributed by atoms with E-state index >= 15 is 0 Å². The monoisotopic (exact) mass is 399 g/mol. The number of nitriles is 1. The Balaban J connectivity index is 1.52. The molecule has 2 aliphatic rings.